The number of nitrogens with zero attached hydrogens (tertiary/aromatic N) is 5. The van der Waals surface area contributed by atoms with Crippen LogP contribution in [0.4, 0.5) is 0 Å². The quantitative estimate of drug-likeness (QED) is 0.572. The average molecular weight is 449 g/mol. The molecule has 0 saturated carbocycles. The van der Waals surface area contributed by atoms with Gasteiger partial charge in [-0.05, 0) is 38.0 Å². The Balaban J connectivity index is 1.75. The second kappa shape index (κ2) is 8.77. The molecule has 1 aliphatic heterocycles. The van der Waals surface area contributed by atoms with Crippen LogP contribution in [-0.4, -0.2) is 81.6 Å². The molecule has 1 aliphatic rings. The van der Waals surface area contributed by atoms with Gasteiger partial charge in [0, 0.05) is 32.0 Å². The summed E-state index contributed by atoms with van der Waals surface area (Å²) in [6, 6.07) is 6.87. The van der Waals surface area contributed by atoms with E-state index in [0.29, 0.717) is 6.67 Å². The molecule has 168 valence electrons. The molecule has 2 N–H and O–H groups in total. The van der Waals surface area contributed by atoms with Crippen molar-refractivity contribution >= 4 is 21.4 Å². The van der Waals surface area contributed by atoms with Crippen molar-refractivity contribution in [3.8, 4) is 5.69 Å². The highest BCUT2D eigenvalue weighted by atomic mass is 32.2. The third-order valence-electron chi connectivity index (χ3n) is 6.01. The number of amides is 1. The highest BCUT2D eigenvalue weighted by Gasteiger charge is 2.41. The van der Waals surface area contributed by atoms with Crippen LogP contribution in [-0.2, 0) is 14.6 Å². The van der Waals surface area contributed by atoms with Gasteiger partial charge in [0.1, 0.15) is 0 Å². The summed E-state index contributed by atoms with van der Waals surface area (Å²) in [5, 5.41) is 17.5. The van der Waals surface area contributed by atoms with Crippen LogP contribution < -0.4 is 5.48 Å². The number of hydrogen-bond acceptors (Lipinski definition) is 8. The van der Waals surface area contributed by atoms with E-state index < -0.39 is 20.6 Å². The summed E-state index contributed by atoms with van der Waals surface area (Å²) in [5.41, 5.74) is 4.52. The van der Waals surface area contributed by atoms with Crippen molar-refractivity contribution in [1.29, 1.82) is 0 Å². The maximum Gasteiger partial charge on any atom is 0.250 e. The molecule has 3 rings (SSSR count). The second-order valence-electron chi connectivity index (χ2n) is 8.02. The first-order chi connectivity index (χ1) is 14.6. The first-order valence-corrected chi connectivity index (χ1v) is 11.7. The number of carbonyl (C=O) groups excluding carboxylic acids is 1. The minimum absolute atomic E-state index is 0.189. The number of sulfone groups is 1. The normalized spacial score (nSPS) is 18.0. The zero-order valence-electron chi connectivity index (χ0n) is 18.1. The standard InChI is InChI=1S/C20H28N6O4S/c1-15(23-28)20(2,31(4,29)30)9-12-25-14-24(3)18(13-19(25)27)16-5-7-17(8-6-16)26-21-10-11-22-26/h5-8,10-11,13,15,23,28H,9,12,14H2,1-4H3. The molecule has 2 unspecified atom stereocenters. The molecule has 0 saturated heterocycles. The lowest BCUT2D eigenvalue weighted by molar-refractivity contribution is -0.128. The fourth-order valence-electron chi connectivity index (χ4n) is 3.54. The summed E-state index contributed by atoms with van der Waals surface area (Å²) in [5.74, 6) is -0.189. The molecule has 10 nitrogen and oxygen atoms in total. The fourth-order valence-corrected chi connectivity index (χ4v) is 4.69. The number of hydroxylamine groups is 1. The van der Waals surface area contributed by atoms with Crippen LogP contribution in [0.25, 0.3) is 11.4 Å². The molecule has 0 radical (unpaired) electrons. The Morgan fingerprint density at radius 2 is 1.84 bits per heavy atom. The largest absolute Gasteiger partial charge is 0.356 e. The predicted molar refractivity (Wildman–Crippen MR) is 116 cm³/mol. The first-order valence-electron chi connectivity index (χ1n) is 9.85. The maximum absolute atomic E-state index is 12.8. The number of hydrogen-bond donors (Lipinski definition) is 2. The zero-order chi connectivity index (χ0) is 22.8. The van der Waals surface area contributed by atoms with Gasteiger partial charge in [0.15, 0.2) is 9.84 Å². The average Bonchev–Trinajstić information content (AvgIpc) is 3.27. The summed E-state index contributed by atoms with van der Waals surface area (Å²) >= 11 is 0. The SMILES string of the molecule is CC(NO)C(C)(CCN1CN(C)C(c2ccc(-n3nccn3)cc2)=CC1=O)S(C)(=O)=O. The molecule has 2 aromatic rings. The molecule has 0 fully saturated rings. The third-order valence-corrected chi connectivity index (χ3v) is 8.27. The molecule has 11 heteroatoms. The van der Waals surface area contributed by atoms with E-state index in [1.54, 1.807) is 37.2 Å². The lowest BCUT2D eigenvalue weighted by atomic mass is 9.98. The topological polar surface area (TPSA) is 121 Å². The molecule has 0 spiro atoms. The monoisotopic (exact) mass is 448 g/mol. The van der Waals surface area contributed by atoms with E-state index in [9.17, 15) is 18.4 Å². The van der Waals surface area contributed by atoms with Crippen molar-refractivity contribution in [1.82, 2.24) is 30.3 Å². The Labute approximate surface area is 182 Å². The summed E-state index contributed by atoms with van der Waals surface area (Å²) < 4.78 is 23.4. The van der Waals surface area contributed by atoms with Crippen LogP contribution in [0.2, 0.25) is 0 Å². The van der Waals surface area contributed by atoms with Crippen LogP contribution >= 0.6 is 0 Å². The minimum atomic E-state index is -3.49. The molecule has 31 heavy (non-hydrogen) atoms. The van der Waals surface area contributed by atoms with Gasteiger partial charge in [0.25, 0.3) is 0 Å². The summed E-state index contributed by atoms with van der Waals surface area (Å²) in [6.45, 7) is 3.75. The van der Waals surface area contributed by atoms with Crippen LogP contribution in [0.3, 0.4) is 0 Å². The number of benzene rings is 1. The summed E-state index contributed by atoms with van der Waals surface area (Å²) in [7, 11) is -1.61. The van der Waals surface area contributed by atoms with Crippen molar-refractivity contribution in [3.05, 3.63) is 48.3 Å². The molecule has 2 heterocycles. The Hall–Kier alpha value is -2.76. The molecular weight excluding hydrogens is 420 g/mol. The number of nitrogens with one attached hydrogen (secondary N) is 1. The maximum atomic E-state index is 12.8. The van der Waals surface area contributed by atoms with Crippen LogP contribution in [0, 0.1) is 0 Å². The predicted octanol–water partition coefficient (Wildman–Crippen LogP) is 0.900. The van der Waals surface area contributed by atoms with Crippen molar-refractivity contribution in [2.75, 3.05) is 26.5 Å². The van der Waals surface area contributed by atoms with Gasteiger partial charge in [0.2, 0.25) is 5.91 Å². The van der Waals surface area contributed by atoms with Crippen molar-refractivity contribution in [3.63, 3.8) is 0 Å². The van der Waals surface area contributed by atoms with E-state index >= 15 is 0 Å². The van der Waals surface area contributed by atoms with Crippen molar-refractivity contribution in [2.45, 2.75) is 31.1 Å². The molecule has 1 aromatic carbocycles. The van der Waals surface area contributed by atoms with Gasteiger partial charge in [-0.2, -0.15) is 15.0 Å². The molecule has 1 aromatic heterocycles. The molecule has 0 bridgehead atoms. The van der Waals surface area contributed by atoms with E-state index in [-0.39, 0.29) is 18.9 Å². The van der Waals surface area contributed by atoms with Gasteiger partial charge in [-0.1, -0.05) is 12.1 Å². The number of carbonyl (C=O) groups is 1. The molecular formula is C20H28N6O4S. The first kappa shape index (κ1) is 22.9. The van der Waals surface area contributed by atoms with Crippen LogP contribution in [0.15, 0.2) is 42.7 Å². The van der Waals surface area contributed by atoms with Crippen LogP contribution in [0.1, 0.15) is 25.8 Å². The Kier molecular flexibility index (Phi) is 6.48. The van der Waals surface area contributed by atoms with E-state index in [1.165, 1.54) is 4.80 Å². The Morgan fingerprint density at radius 1 is 1.23 bits per heavy atom. The highest BCUT2D eigenvalue weighted by Crippen LogP contribution is 2.28. The van der Waals surface area contributed by atoms with E-state index in [1.807, 2.05) is 41.7 Å². The summed E-state index contributed by atoms with van der Waals surface area (Å²) in [6.07, 6.45) is 6.09. The van der Waals surface area contributed by atoms with Gasteiger partial charge in [-0.15, -0.1) is 0 Å². The smallest absolute Gasteiger partial charge is 0.250 e. The van der Waals surface area contributed by atoms with Gasteiger partial charge in [0.05, 0.1) is 35.2 Å². The lowest BCUT2D eigenvalue weighted by Gasteiger charge is -2.38. The highest BCUT2D eigenvalue weighted by molar-refractivity contribution is 7.92. The molecule has 2 atom stereocenters. The van der Waals surface area contributed by atoms with E-state index in [4.69, 9.17) is 0 Å². The van der Waals surface area contributed by atoms with Gasteiger partial charge in [-0.25, -0.2) is 13.9 Å². The van der Waals surface area contributed by atoms with Gasteiger partial charge < -0.3 is 15.0 Å². The van der Waals surface area contributed by atoms with Gasteiger partial charge in [-0.3, -0.25) is 4.79 Å². The van der Waals surface area contributed by atoms with Gasteiger partial charge >= 0.3 is 0 Å². The minimum Gasteiger partial charge on any atom is -0.356 e. The fraction of sp³-hybridized carbons (Fsp3) is 0.450. The second-order valence-corrected chi connectivity index (χ2v) is 10.5. The van der Waals surface area contributed by atoms with Crippen molar-refractivity contribution < 1.29 is 18.4 Å². The van der Waals surface area contributed by atoms with Crippen LogP contribution in [0.5, 0.6) is 0 Å². The van der Waals surface area contributed by atoms with E-state index in [0.717, 1.165) is 23.2 Å². The third kappa shape index (κ3) is 4.63. The number of rotatable bonds is 8. The summed E-state index contributed by atoms with van der Waals surface area (Å²) in [4.78, 5) is 17.8. The Bertz CT molecular complexity index is 1050. The lowest BCUT2D eigenvalue weighted by Crippen LogP contribution is -2.53. The zero-order valence-corrected chi connectivity index (χ0v) is 18.9. The molecule has 0 aliphatic carbocycles. The Morgan fingerprint density at radius 3 is 2.39 bits per heavy atom. The van der Waals surface area contributed by atoms with Crippen molar-refractivity contribution in [2.24, 2.45) is 0 Å². The van der Waals surface area contributed by atoms with E-state index in [2.05, 4.69) is 10.2 Å². The molecule has 1 amide bonds. The number of aromatic nitrogens is 3.